The summed E-state index contributed by atoms with van der Waals surface area (Å²) < 4.78 is 0. The van der Waals surface area contributed by atoms with Gasteiger partial charge in [-0.3, -0.25) is 9.69 Å². The largest absolute Gasteiger partial charge is 0.324 e. The SMILES string of the molecule is CC(C#N)CSc1ccccc1NC(=O)CN(Cc1ccccc1)Cc1ccccc1. The van der Waals surface area contributed by atoms with Crippen molar-refractivity contribution in [2.45, 2.75) is 24.9 Å². The van der Waals surface area contributed by atoms with E-state index < -0.39 is 0 Å². The van der Waals surface area contributed by atoms with Crippen LogP contribution >= 0.6 is 11.8 Å². The Hall–Kier alpha value is -3.07. The minimum atomic E-state index is -0.0479. The number of benzene rings is 3. The van der Waals surface area contributed by atoms with Crippen LogP contribution in [0.2, 0.25) is 0 Å². The Labute approximate surface area is 188 Å². The van der Waals surface area contributed by atoms with Crippen LogP contribution in [-0.2, 0) is 17.9 Å². The molecule has 0 aromatic heterocycles. The van der Waals surface area contributed by atoms with Gasteiger partial charge in [0.2, 0.25) is 5.91 Å². The van der Waals surface area contributed by atoms with Crippen LogP contribution in [0.25, 0.3) is 0 Å². The quantitative estimate of drug-likeness (QED) is 0.428. The monoisotopic (exact) mass is 429 g/mol. The normalized spacial score (nSPS) is 11.6. The van der Waals surface area contributed by atoms with E-state index in [1.807, 2.05) is 67.6 Å². The lowest BCUT2D eigenvalue weighted by molar-refractivity contribution is -0.117. The van der Waals surface area contributed by atoms with Gasteiger partial charge in [0.15, 0.2) is 0 Å². The highest BCUT2D eigenvalue weighted by Crippen LogP contribution is 2.28. The van der Waals surface area contributed by atoms with Crippen LogP contribution in [0.4, 0.5) is 5.69 Å². The maximum Gasteiger partial charge on any atom is 0.238 e. The number of carbonyl (C=O) groups excluding carboxylic acids is 1. The van der Waals surface area contributed by atoms with Gasteiger partial charge in [-0.05, 0) is 30.2 Å². The molecule has 3 rings (SSSR count). The summed E-state index contributed by atoms with van der Waals surface area (Å²) in [6, 6.07) is 30.4. The highest BCUT2D eigenvalue weighted by atomic mass is 32.2. The van der Waals surface area contributed by atoms with Crippen molar-refractivity contribution in [3.63, 3.8) is 0 Å². The van der Waals surface area contributed by atoms with Gasteiger partial charge in [0, 0.05) is 23.7 Å². The summed E-state index contributed by atoms with van der Waals surface area (Å²) >= 11 is 1.60. The molecule has 1 N–H and O–H groups in total. The van der Waals surface area contributed by atoms with Crippen molar-refractivity contribution >= 4 is 23.4 Å². The molecule has 0 heterocycles. The van der Waals surface area contributed by atoms with Crippen LogP contribution in [0.3, 0.4) is 0 Å². The first-order chi connectivity index (χ1) is 15.1. The van der Waals surface area contributed by atoms with Crippen LogP contribution in [0.15, 0.2) is 89.8 Å². The number of hydrogen-bond acceptors (Lipinski definition) is 4. The van der Waals surface area contributed by atoms with E-state index in [9.17, 15) is 4.79 Å². The van der Waals surface area contributed by atoms with Crippen LogP contribution < -0.4 is 5.32 Å². The highest BCUT2D eigenvalue weighted by molar-refractivity contribution is 7.99. The van der Waals surface area contributed by atoms with E-state index in [4.69, 9.17) is 5.26 Å². The van der Waals surface area contributed by atoms with E-state index in [0.29, 0.717) is 18.8 Å². The summed E-state index contributed by atoms with van der Waals surface area (Å²) in [6.45, 7) is 3.58. The average Bonchev–Trinajstić information content (AvgIpc) is 2.79. The lowest BCUT2D eigenvalue weighted by atomic mass is 10.1. The number of nitrogens with one attached hydrogen (secondary N) is 1. The first-order valence-electron chi connectivity index (χ1n) is 10.4. The minimum absolute atomic E-state index is 0.0407. The van der Waals surface area contributed by atoms with Crippen molar-refractivity contribution in [2.75, 3.05) is 17.6 Å². The molecule has 0 spiro atoms. The number of para-hydroxylation sites is 1. The summed E-state index contributed by atoms with van der Waals surface area (Å²) in [4.78, 5) is 16.1. The Morgan fingerprint density at radius 2 is 1.48 bits per heavy atom. The van der Waals surface area contributed by atoms with Crippen molar-refractivity contribution in [3.8, 4) is 6.07 Å². The number of nitriles is 1. The molecule has 31 heavy (non-hydrogen) atoms. The Morgan fingerprint density at radius 1 is 0.935 bits per heavy atom. The number of thioether (sulfide) groups is 1. The fraction of sp³-hybridized carbons (Fsp3) is 0.231. The van der Waals surface area contributed by atoms with Crippen molar-refractivity contribution in [3.05, 3.63) is 96.1 Å². The Bertz CT molecular complexity index is 960. The lowest BCUT2D eigenvalue weighted by Gasteiger charge is -2.22. The van der Waals surface area contributed by atoms with E-state index in [-0.39, 0.29) is 18.4 Å². The number of anilines is 1. The summed E-state index contributed by atoms with van der Waals surface area (Å²) in [7, 11) is 0. The van der Waals surface area contributed by atoms with E-state index in [1.54, 1.807) is 11.8 Å². The van der Waals surface area contributed by atoms with Crippen molar-refractivity contribution in [2.24, 2.45) is 5.92 Å². The molecule has 158 valence electrons. The zero-order valence-corrected chi connectivity index (χ0v) is 18.5. The predicted octanol–water partition coefficient (Wildman–Crippen LogP) is 5.58. The second kappa shape index (κ2) is 11.9. The molecule has 0 radical (unpaired) electrons. The fourth-order valence-electron chi connectivity index (χ4n) is 3.19. The summed E-state index contributed by atoms with van der Waals surface area (Å²) in [5, 5.41) is 12.1. The average molecular weight is 430 g/mol. The first kappa shape index (κ1) is 22.6. The zero-order chi connectivity index (χ0) is 21.9. The molecule has 0 aliphatic heterocycles. The highest BCUT2D eigenvalue weighted by Gasteiger charge is 2.14. The molecule has 4 nitrogen and oxygen atoms in total. The van der Waals surface area contributed by atoms with Gasteiger partial charge in [-0.15, -0.1) is 11.8 Å². The molecule has 0 aliphatic carbocycles. The molecule has 3 aromatic carbocycles. The van der Waals surface area contributed by atoms with Crippen molar-refractivity contribution in [1.82, 2.24) is 4.90 Å². The molecular formula is C26H27N3OS. The van der Waals surface area contributed by atoms with Crippen molar-refractivity contribution in [1.29, 1.82) is 5.26 Å². The van der Waals surface area contributed by atoms with Crippen LogP contribution in [0.5, 0.6) is 0 Å². The van der Waals surface area contributed by atoms with Gasteiger partial charge >= 0.3 is 0 Å². The van der Waals surface area contributed by atoms with Gasteiger partial charge in [0.25, 0.3) is 0 Å². The molecule has 1 atom stereocenters. The molecule has 0 saturated heterocycles. The molecule has 0 aliphatic rings. The van der Waals surface area contributed by atoms with E-state index >= 15 is 0 Å². The molecule has 0 bridgehead atoms. The zero-order valence-electron chi connectivity index (χ0n) is 17.7. The van der Waals surface area contributed by atoms with Crippen molar-refractivity contribution < 1.29 is 4.79 Å². The van der Waals surface area contributed by atoms with Gasteiger partial charge in [-0.25, -0.2) is 0 Å². The fourth-order valence-corrected chi connectivity index (χ4v) is 4.15. The lowest BCUT2D eigenvalue weighted by Crippen LogP contribution is -2.32. The second-order valence-corrected chi connectivity index (χ2v) is 8.56. The molecule has 0 saturated carbocycles. The second-order valence-electron chi connectivity index (χ2n) is 7.50. The van der Waals surface area contributed by atoms with Gasteiger partial charge in [-0.2, -0.15) is 5.26 Å². The van der Waals surface area contributed by atoms with Crippen LogP contribution in [0.1, 0.15) is 18.1 Å². The molecule has 5 heteroatoms. The minimum Gasteiger partial charge on any atom is -0.324 e. The van der Waals surface area contributed by atoms with Gasteiger partial charge in [0.1, 0.15) is 0 Å². The van der Waals surface area contributed by atoms with Crippen LogP contribution in [0, 0.1) is 17.2 Å². The summed E-state index contributed by atoms with van der Waals surface area (Å²) in [5.41, 5.74) is 3.14. The molecule has 1 unspecified atom stereocenters. The maximum absolute atomic E-state index is 12.9. The topological polar surface area (TPSA) is 56.1 Å². The number of carbonyl (C=O) groups is 1. The van der Waals surface area contributed by atoms with E-state index in [0.717, 1.165) is 10.6 Å². The van der Waals surface area contributed by atoms with Gasteiger partial charge in [0.05, 0.1) is 24.2 Å². The Morgan fingerprint density at radius 3 is 2.06 bits per heavy atom. The number of rotatable bonds is 10. The standard InChI is InChI=1S/C26H27N3OS/c1-21(16-27)20-31-25-15-9-8-14-24(25)28-26(30)19-29(17-22-10-4-2-5-11-22)18-23-12-6-3-7-13-23/h2-15,21H,17-20H2,1H3,(H,28,30). The number of nitrogens with zero attached hydrogens (tertiary/aromatic N) is 2. The maximum atomic E-state index is 12.9. The Balaban J connectivity index is 1.68. The number of amides is 1. The van der Waals surface area contributed by atoms with Gasteiger partial charge < -0.3 is 5.32 Å². The molecule has 1 amide bonds. The number of hydrogen-bond donors (Lipinski definition) is 1. The van der Waals surface area contributed by atoms with E-state index in [2.05, 4.69) is 40.6 Å². The smallest absolute Gasteiger partial charge is 0.238 e. The summed E-state index contributed by atoms with van der Waals surface area (Å²) in [5.74, 6) is 0.603. The molecule has 3 aromatic rings. The van der Waals surface area contributed by atoms with Gasteiger partial charge in [-0.1, -0.05) is 72.8 Å². The predicted molar refractivity (Wildman–Crippen MR) is 128 cm³/mol. The van der Waals surface area contributed by atoms with E-state index in [1.165, 1.54) is 11.1 Å². The van der Waals surface area contributed by atoms with Crippen LogP contribution in [-0.4, -0.2) is 23.1 Å². The molecular weight excluding hydrogens is 402 g/mol. The first-order valence-corrected chi connectivity index (χ1v) is 11.3. The summed E-state index contributed by atoms with van der Waals surface area (Å²) in [6.07, 6.45) is 0. The molecule has 0 fully saturated rings. The third-order valence-corrected chi connectivity index (χ3v) is 6.07. The third-order valence-electron chi connectivity index (χ3n) is 4.74. The Kier molecular flexibility index (Phi) is 8.71. The third kappa shape index (κ3) is 7.60.